The van der Waals surface area contributed by atoms with Crippen molar-refractivity contribution in [1.82, 2.24) is 14.6 Å². The average Bonchev–Trinajstić information content (AvgIpc) is 2.96. The van der Waals surface area contributed by atoms with Crippen molar-refractivity contribution in [2.75, 3.05) is 14.1 Å². The summed E-state index contributed by atoms with van der Waals surface area (Å²) in [4.78, 5) is 4.12. The van der Waals surface area contributed by atoms with E-state index in [0.29, 0.717) is 0 Å². The minimum atomic E-state index is -0.112. The Morgan fingerprint density at radius 1 is 1.36 bits per heavy atom. The zero-order valence-corrected chi connectivity index (χ0v) is 13.6. The molecule has 1 aromatic heterocycles. The minimum absolute atomic E-state index is 0.112. The van der Waals surface area contributed by atoms with Gasteiger partial charge in [0.2, 0.25) is 0 Å². The topological polar surface area (TPSA) is 42.6 Å². The summed E-state index contributed by atoms with van der Waals surface area (Å²) in [5, 5.41) is 6.38. The van der Waals surface area contributed by atoms with Crippen molar-refractivity contribution in [2.24, 2.45) is 5.10 Å². The molecule has 3 rings (SSSR count). The maximum absolute atomic E-state index is 6.14. The Balaban J connectivity index is 2.03. The Labute approximate surface area is 131 Å². The quantitative estimate of drug-likeness (QED) is 0.486. The Morgan fingerprint density at radius 2 is 2.18 bits per heavy atom. The van der Waals surface area contributed by atoms with Gasteiger partial charge in [-0.1, -0.05) is 12.1 Å². The van der Waals surface area contributed by atoms with E-state index < -0.39 is 0 Å². The van der Waals surface area contributed by atoms with Crippen LogP contribution in [0.5, 0.6) is 5.75 Å². The molecule has 0 radical (unpaired) electrons. The molecule has 2 aromatic rings. The molecule has 0 saturated heterocycles. The Morgan fingerprint density at radius 3 is 2.86 bits per heavy atom. The Bertz CT molecular complexity index is 687. The summed E-state index contributed by atoms with van der Waals surface area (Å²) in [6.45, 7) is 4.26. The molecule has 0 atom stereocenters. The van der Waals surface area contributed by atoms with Gasteiger partial charge in [-0.15, -0.1) is 0 Å². The first-order chi connectivity index (χ1) is 10.4. The first kappa shape index (κ1) is 14.6. The third-order valence-corrected chi connectivity index (χ3v) is 3.75. The van der Waals surface area contributed by atoms with Crippen LogP contribution in [0.15, 0.2) is 42.0 Å². The zero-order chi connectivity index (χ0) is 15.7. The van der Waals surface area contributed by atoms with Crippen molar-refractivity contribution in [2.45, 2.75) is 32.3 Å². The van der Waals surface area contributed by atoms with Crippen LogP contribution in [0, 0.1) is 0 Å². The second-order valence-corrected chi connectivity index (χ2v) is 6.43. The molecule has 0 fully saturated rings. The fourth-order valence-electron chi connectivity index (χ4n) is 2.61. The van der Waals surface area contributed by atoms with Gasteiger partial charge < -0.3 is 9.75 Å². The van der Waals surface area contributed by atoms with Crippen molar-refractivity contribution in [3.05, 3.63) is 48.0 Å². The lowest BCUT2D eigenvalue weighted by Crippen LogP contribution is -2.32. The van der Waals surface area contributed by atoms with Gasteiger partial charge >= 0.3 is 0 Å². The summed E-state index contributed by atoms with van der Waals surface area (Å²) in [5.74, 6) is 1.79. The van der Waals surface area contributed by atoms with Crippen molar-refractivity contribution in [3.8, 4) is 5.75 Å². The predicted molar refractivity (Wildman–Crippen MR) is 87.3 cm³/mol. The smallest absolute Gasteiger partial charge is 0.165 e. The maximum Gasteiger partial charge on any atom is 0.165 e. The van der Waals surface area contributed by atoms with Gasteiger partial charge in [-0.3, -0.25) is 4.57 Å². The van der Waals surface area contributed by atoms with Crippen LogP contribution >= 0.6 is 0 Å². The molecule has 0 bridgehead atoms. The van der Waals surface area contributed by atoms with E-state index in [0.717, 1.165) is 30.0 Å². The lowest BCUT2D eigenvalue weighted by molar-refractivity contribution is 0.0847. The molecular formula is C17H22N4O. The highest BCUT2D eigenvalue weighted by Gasteiger charge is 2.27. The van der Waals surface area contributed by atoms with Gasteiger partial charge in [-0.25, -0.2) is 4.98 Å². The molecule has 22 heavy (non-hydrogen) atoms. The van der Waals surface area contributed by atoms with Crippen LogP contribution < -0.4 is 4.74 Å². The highest BCUT2D eigenvalue weighted by atomic mass is 16.5. The van der Waals surface area contributed by atoms with Gasteiger partial charge in [0, 0.05) is 32.1 Å². The summed E-state index contributed by atoms with van der Waals surface area (Å²) < 4.78 is 8.05. The van der Waals surface area contributed by atoms with Crippen LogP contribution in [0.4, 0.5) is 0 Å². The standard InChI is InChI=1S/C17H22N4O/c1-17(2)8-7-13-5-6-14(11-15(13)22-17)16(19-20(3)4)21-10-9-18-12-21/h5-6,9-12H,7-8H2,1-4H3. The van der Waals surface area contributed by atoms with Crippen LogP contribution in [-0.4, -0.2) is 40.1 Å². The minimum Gasteiger partial charge on any atom is -0.488 e. The largest absolute Gasteiger partial charge is 0.488 e. The second-order valence-electron chi connectivity index (χ2n) is 6.43. The predicted octanol–water partition coefficient (Wildman–Crippen LogP) is 2.76. The van der Waals surface area contributed by atoms with Crippen molar-refractivity contribution >= 4 is 5.84 Å². The highest BCUT2D eigenvalue weighted by Crippen LogP contribution is 2.33. The van der Waals surface area contributed by atoms with Crippen LogP contribution in [0.1, 0.15) is 31.4 Å². The van der Waals surface area contributed by atoms with E-state index >= 15 is 0 Å². The molecule has 2 heterocycles. The van der Waals surface area contributed by atoms with E-state index in [2.05, 4.69) is 42.1 Å². The SMILES string of the molecule is CN(C)N=C(c1ccc2c(c1)OC(C)(C)CC2)n1ccnc1. The molecular weight excluding hydrogens is 276 g/mol. The van der Waals surface area contributed by atoms with E-state index in [1.54, 1.807) is 17.5 Å². The number of nitrogens with zero attached hydrogens (tertiary/aromatic N) is 4. The first-order valence-corrected chi connectivity index (χ1v) is 7.51. The number of imidazole rings is 1. The summed E-state index contributed by atoms with van der Waals surface area (Å²) in [5.41, 5.74) is 2.17. The maximum atomic E-state index is 6.14. The van der Waals surface area contributed by atoms with E-state index in [-0.39, 0.29) is 5.60 Å². The number of rotatable bonds is 2. The summed E-state index contributed by atoms with van der Waals surface area (Å²) in [6.07, 6.45) is 7.50. The molecule has 0 saturated carbocycles. The molecule has 1 aliphatic rings. The first-order valence-electron chi connectivity index (χ1n) is 7.51. The number of aryl methyl sites for hydroxylation is 1. The number of aromatic nitrogens is 2. The van der Waals surface area contributed by atoms with Crippen LogP contribution in [0.3, 0.4) is 0 Å². The molecule has 1 aromatic carbocycles. The van der Waals surface area contributed by atoms with Crippen LogP contribution in [0.2, 0.25) is 0 Å². The lowest BCUT2D eigenvalue weighted by Gasteiger charge is -2.32. The van der Waals surface area contributed by atoms with E-state index in [9.17, 15) is 0 Å². The fourth-order valence-corrected chi connectivity index (χ4v) is 2.61. The van der Waals surface area contributed by atoms with E-state index in [1.807, 2.05) is 24.9 Å². The molecule has 5 nitrogen and oxygen atoms in total. The Hall–Kier alpha value is -2.30. The summed E-state index contributed by atoms with van der Waals surface area (Å²) in [7, 11) is 3.82. The van der Waals surface area contributed by atoms with Gasteiger partial charge in [0.05, 0.1) is 0 Å². The van der Waals surface area contributed by atoms with Crippen molar-refractivity contribution < 1.29 is 4.74 Å². The van der Waals surface area contributed by atoms with Crippen molar-refractivity contribution in [1.29, 1.82) is 0 Å². The third-order valence-electron chi connectivity index (χ3n) is 3.75. The van der Waals surface area contributed by atoms with Gasteiger partial charge in [0.25, 0.3) is 0 Å². The molecule has 0 amide bonds. The molecule has 5 heteroatoms. The number of fused-ring (bicyclic) bond motifs is 1. The number of benzene rings is 1. The molecule has 0 aliphatic carbocycles. The summed E-state index contributed by atoms with van der Waals surface area (Å²) >= 11 is 0. The Kier molecular flexibility index (Phi) is 3.64. The molecule has 116 valence electrons. The van der Waals surface area contributed by atoms with Gasteiger partial charge in [0.1, 0.15) is 17.7 Å². The van der Waals surface area contributed by atoms with Crippen LogP contribution in [0.25, 0.3) is 0 Å². The van der Waals surface area contributed by atoms with Gasteiger partial charge in [-0.05, 0) is 38.3 Å². The molecule has 0 unspecified atom stereocenters. The normalized spacial score (nSPS) is 16.8. The van der Waals surface area contributed by atoms with Crippen molar-refractivity contribution in [3.63, 3.8) is 0 Å². The molecule has 0 spiro atoms. The third kappa shape index (κ3) is 2.98. The molecule has 0 N–H and O–H groups in total. The van der Waals surface area contributed by atoms with Gasteiger partial charge in [0.15, 0.2) is 5.84 Å². The number of hydrazone groups is 1. The number of ether oxygens (including phenoxy) is 1. The van der Waals surface area contributed by atoms with Crippen LogP contribution in [-0.2, 0) is 6.42 Å². The highest BCUT2D eigenvalue weighted by molar-refractivity contribution is 6.00. The van der Waals surface area contributed by atoms with E-state index in [4.69, 9.17) is 4.74 Å². The average molecular weight is 298 g/mol. The summed E-state index contributed by atoms with van der Waals surface area (Å²) in [6, 6.07) is 6.32. The molecule has 1 aliphatic heterocycles. The lowest BCUT2D eigenvalue weighted by atomic mass is 9.93. The number of hydrogen-bond donors (Lipinski definition) is 0. The monoisotopic (exact) mass is 298 g/mol. The second kappa shape index (κ2) is 5.48. The van der Waals surface area contributed by atoms with Gasteiger partial charge in [-0.2, -0.15) is 5.10 Å². The zero-order valence-electron chi connectivity index (χ0n) is 13.6. The fraction of sp³-hybridized carbons (Fsp3) is 0.412. The van der Waals surface area contributed by atoms with E-state index in [1.165, 1.54) is 5.56 Å². The number of hydrogen-bond acceptors (Lipinski definition) is 4.